The number of nitrogens with one attached hydrogen (secondary N) is 3. The molecule has 0 aliphatic heterocycles. The summed E-state index contributed by atoms with van der Waals surface area (Å²) in [4.78, 5) is 11.3. The highest BCUT2D eigenvalue weighted by atomic mass is 19.4. The summed E-state index contributed by atoms with van der Waals surface area (Å²) < 4.78 is 48.5. The zero-order chi connectivity index (χ0) is 21.3. The number of ether oxygens (including phenoxy) is 2. The molecule has 0 unspecified atom stereocenters. The Morgan fingerprint density at radius 3 is 2.55 bits per heavy atom. The van der Waals surface area contributed by atoms with Gasteiger partial charge in [0.2, 0.25) is 5.95 Å². The summed E-state index contributed by atoms with van der Waals surface area (Å²) in [5, 5.41) is 8.92. The molecule has 29 heavy (non-hydrogen) atoms. The molecule has 0 fully saturated rings. The summed E-state index contributed by atoms with van der Waals surface area (Å²) >= 11 is 0. The van der Waals surface area contributed by atoms with E-state index >= 15 is 0 Å². The lowest BCUT2D eigenvalue weighted by Gasteiger charge is -2.15. The van der Waals surface area contributed by atoms with E-state index in [-0.39, 0.29) is 5.95 Å². The van der Waals surface area contributed by atoms with Gasteiger partial charge in [0.1, 0.15) is 17.2 Å². The van der Waals surface area contributed by atoms with Crippen molar-refractivity contribution in [3.05, 3.63) is 41.7 Å². The van der Waals surface area contributed by atoms with Crippen molar-refractivity contribution in [3.8, 4) is 11.5 Å². The molecule has 0 aliphatic rings. The first-order chi connectivity index (χ1) is 13.9. The van der Waals surface area contributed by atoms with Crippen LogP contribution in [0, 0.1) is 0 Å². The summed E-state index contributed by atoms with van der Waals surface area (Å²) in [7, 11) is 4.77. The minimum Gasteiger partial charge on any atom is -0.497 e. The number of hydrogen-bond donors (Lipinski definition) is 3. The standard InChI is InChI=1S/C18H23F3N6O2/c1-22-16(26-11-12-4-5-13(28-2)10-14(12)29-3)24-8-9-25-17-23-7-6-15(27-17)18(19,20)21/h4-7,10H,8-9,11H2,1-3H3,(H2,22,24,26)(H,23,25,27). The Morgan fingerprint density at radius 2 is 1.90 bits per heavy atom. The van der Waals surface area contributed by atoms with Crippen molar-refractivity contribution < 1.29 is 22.6 Å². The average molecular weight is 412 g/mol. The number of anilines is 1. The first-order valence-electron chi connectivity index (χ1n) is 8.67. The van der Waals surface area contributed by atoms with Crippen molar-refractivity contribution in [3.63, 3.8) is 0 Å². The third-order valence-electron chi connectivity index (χ3n) is 3.81. The molecular formula is C18H23F3N6O2. The topological polar surface area (TPSA) is 92.7 Å². The number of guanidine groups is 1. The normalized spacial score (nSPS) is 11.7. The van der Waals surface area contributed by atoms with E-state index in [0.29, 0.717) is 37.1 Å². The Labute approximate surface area is 166 Å². The molecule has 0 saturated heterocycles. The number of nitrogens with zero attached hydrogens (tertiary/aromatic N) is 3. The van der Waals surface area contributed by atoms with E-state index in [1.807, 2.05) is 12.1 Å². The van der Waals surface area contributed by atoms with Gasteiger partial charge in [-0.15, -0.1) is 0 Å². The van der Waals surface area contributed by atoms with Crippen LogP contribution in [0.5, 0.6) is 11.5 Å². The highest BCUT2D eigenvalue weighted by Gasteiger charge is 2.32. The third-order valence-corrected chi connectivity index (χ3v) is 3.81. The Hall–Kier alpha value is -3.24. The lowest BCUT2D eigenvalue weighted by atomic mass is 10.2. The van der Waals surface area contributed by atoms with Gasteiger partial charge in [0.25, 0.3) is 0 Å². The molecule has 0 amide bonds. The molecule has 0 radical (unpaired) electrons. The summed E-state index contributed by atoms with van der Waals surface area (Å²) in [5.74, 6) is 1.80. The molecule has 8 nitrogen and oxygen atoms in total. The molecule has 2 aromatic rings. The van der Waals surface area contributed by atoms with Crippen LogP contribution in [-0.2, 0) is 12.7 Å². The number of aliphatic imine (C=N–C) groups is 1. The van der Waals surface area contributed by atoms with Crippen LogP contribution >= 0.6 is 0 Å². The molecule has 0 spiro atoms. The molecule has 0 bridgehead atoms. The van der Waals surface area contributed by atoms with Crippen LogP contribution in [0.2, 0.25) is 0 Å². The maximum atomic E-state index is 12.7. The largest absolute Gasteiger partial charge is 0.497 e. The van der Waals surface area contributed by atoms with Gasteiger partial charge < -0.3 is 25.4 Å². The van der Waals surface area contributed by atoms with E-state index < -0.39 is 11.9 Å². The summed E-state index contributed by atoms with van der Waals surface area (Å²) in [6.45, 7) is 1.14. The van der Waals surface area contributed by atoms with Crippen LogP contribution in [-0.4, -0.2) is 50.3 Å². The van der Waals surface area contributed by atoms with Gasteiger partial charge >= 0.3 is 6.18 Å². The molecule has 0 atom stereocenters. The third kappa shape index (κ3) is 6.70. The van der Waals surface area contributed by atoms with Gasteiger partial charge in [0.05, 0.1) is 14.2 Å². The van der Waals surface area contributed by atoms with E-state index in [9.17, 15) is 13.2 Å². The highest BCUT2D eigenvalue weighted by Crippen LogP contribution is 2.27. The number of aromatic nitrogens is 2. The number of methoxy groups -OCH3 is 2. The monoisotopic (exact) mass is 412 g/mol. The maximum Gasteiger partial charge on any atom is 0.433 e. The quantitative estimate of drug-likeness (QED) is 0.348. The van der Waals surface area contributed by atoms with E-state index in [1.165, 1.54) is 0 Å². The summed E-state index contributed by atoms with van der Waals surface area (Å²) in [6, 6.07) is 6.31. The molecule has 1 aromatic heterocycles. The Balaban J connectivity index is 1.81. The lowest BCUT2D eigenvalue weighted by Crippen LogP contribution is -2.39. The zero-order valence-corrected chi connectivity index (χ0v) is 16.3. The van der Waals surface area contributed by atoms with E-state index in [4.69, 9.17) is 9.47 Å². The van der Waals surface area contributed by atoms with Crippen LogP contribution in [0.25, 0.3) is 0 Å². The number of halogens is 3. The second-order valence-electron chi connectivity index (χ2n) is 5.72. The predicted molar refractivity (Wildman–Crippen MR) is 103 cm³/mol. The lowest BCUT2D eigenvalue weighted by molar-refractivity contribution is -0.141. The fourth-order valence-electron chi connectivity index (χ4n) is 2.35. The summed E-state index contributed by atoms with van der Waals surface area (Å²) in [6.07, 6.45) is -3.44. The number of benzene rings is 1. The smallest absolute Gasteiger partial charge is 0.433 e. The van der Waals surface area contributed by atoms with Gasteiger partial charge in [-0.3, -0.25) is 4.99 Å². The number of hydrogen-bond acceptors (Lipinski definition) is 6. The van der Waals surface area contributed by atoms with E-state index in [0.717, 1.165) is 17.8 Å². The van der Waals surface area contributed by atoms with E-state index in [1.54, 1.807) is 27.3 Å². The second-order valence-corrected chi connectivity index (χ2v) is 5.72. The Kier molecular flexibility index (Phi) is 7.87. The van der Waals surface area contributed by atoms with Crippen LogP contribution in [0.4, 0.5) is 19.1 Å². The van der Waals surface area contributed by atoms with Gasteiger partial charge in [-0.25, -0.2) is 9.97 Å². The molecular weight excluding hydrogens is 389 g/mol. The maximum absolute atomic E-state index is 12.7. The van der Waals surface area contributed by atoms with Crippen LogP contribution in [0.3, 0.4) is 0 Å². The zero-order valence-electron chi connectivity index (χ0n) is 16.3. The minimum absolute atomic E-state index is 0.0902. The minimum atomic E-state index is -4.51. The second kappa shape index (κ2) is 10.3. The average Bonchev–Trinajstić information content (AvgIpc) is 2.72. The van der Waals surface area contributed by atoms with Gasteiger partial charge in [0.15, 0.2) is 5.96 Å². The van der Waals surface area contributed by atoms with Crippen LogP contribution in [0.15, 0.2) is 35.5 Å². The van der Waals surface area contributed by atoms with Gasteiger partial charge in [-0.2, -0.15) is 13.2 Å². The molecule has 2 rings (SSSR count). The Morgan fingerprint density at radius 1 is 1.10 bits per heavy atom. The first kappa shape index (κ1) is 22.1. The molecule has 3 N–H and O–H groups in total. The number of alkyl halides is 3. The summed E-state index contributed by atoms with van der Waals surface area (Å²) in [5.41, 5.74) is -0.0828. The predicted octanol–water partition coefficient (Wildman–Crippen LogP) is 2.29. The number of rotatable bonds is 8. The van der Waals surface area contributed by atoms with Crippen LogP contribution in [0.1, 0.15) is 11.3 Å². The molecule has 11 heteroatoms. The van der Waals surface area contributed by atoms with Crippen molar-refractivity contribution in [2.45, 2.75) is 12.7 Å². The highest BCUT2D eigenvalue weighted by molar-refractivity contribution is 5.79. The fourth-order valence-corrected chi connectivity index (χ4v) is 2.35. The van der Waals surface area contributed by atoms with Gasteiger partial charge in [0, 0.05) is 44.5 Å². The van der Waals surface area contributed by atoms with Crippen molar-refractivity contribution in [2.24, 2.45) is 4.99 Å². The fraction of sp³-hybridized carbons (Fsp3) is 0.389. The van der Waals surface area contributed by atoms with Crippen molar-refractivity contribution in [1.82, 2.24) is 20.6 Å². The molecule has 158 valence electrons. The van der Waals surface area contributed by atoms with E-state index in [2.05, 4.69) is 30.9 Å². The molecule has 0 saturated carbocycles. The molecule has 1 heterocycles. The SMILES string of the molecule is CN=C(NCCNc1nccc(C(F)(F)F)n1)NCc1ccc(OC)cc1OC. The first-order valence-corrected chi connectivity index (χ1v) is 8.67. The van der Waals surface area contributed by atoms with Crippen molar-refractivity contribution >= 4 is 11.9 Å². The Bertz CT molecular complexity index is 829. The van der Waals surface area contributed by atoms with Crippen molar-refractivity contribution in [2.75, 3.05) is 39.7 Å². The molecule has 0 aliphatic carbocycles. The van der Waals surface area contributed by atoms with Gasteiger partial charge in [-0.05, 0) is 18.2 Å². The van der Waals surface area contributed by atoms with Gasteiger partial charge in [-0.1, -0.05) is 0 Å². The van der Waals surface area contributed by atoms with Crippen LogP contribution < -0.4 is 25.4 Å². The molecule has 1 aromatic carbocycles. The van der Waals surface area contributed by atoms with Crippen molar-refractivity contribution in [1.29, 1.82) is 0 Å².